The van der Waals surface area contributed by atoms with Crippen LogP contribution in [0.1, 0.15) is 31.1 Å². The van der Waals surface area contributed by atoms with Crippen LogP contribution in [-0.2, 0) is 9.47 Å². The lowest BCUT2D eigenvalue weighted by Crippen LogP contribution is -2.41. The van der Waals surface area contributed by atoms with E-state index in [0.29, 0.717) is 5.56 Å². The van der Waals surface area contributed by atoms with Gasteiger partial charge in [-0.3, -0.25) is 0 Å². The molecule has 1 unspecified atom stereocenters. The molecular formula is C14H21NO3. The number of rotatable bonds is 5. The highest BCUT2D eigenvalue weighted by Gasteiger charge is 2.25. The van der Waals surface area contributed by atoms with Gasteiger partial charge in [0.2, 0.25) is 0 Å². The fourth-order valence-electron chi connectivity index (χ4n) is 1.45. The third-order valence-electron chi connectivity index (χ3n) is 3.24. The summed E-state index contributed by atoms with van der Waals surface area (Å²) in [4.78, 5) is 11.4. The Hall–Kier alpha value is -1.55. The van der Waals surface area contributed by atoms with Crippen LogP contribution >= 0.6 is 0 Å². The van der Waals surface area contributed by atoms with Gasteiger partial charge in [0, 0.05) is 12.8 Å². The molecule has 0 spiro atoms. The number of methoxy groups -OCH3 is 2. The molecule has 1 atom stereocenters. The molecular weight excluding hydrogens is 230 g/mol. The van der Waals surface area contributed by atoms with Gasteiger partial charge in [0.15, 0.2) is 0 Å². The fourth-order valence-corrected chi connectivity index (χ4v) is 1.45. The molecule has 1 N–H and O–H groups in total. The molecule has 0 heterocycles. The van der Waals surface area contributed by atoms with Crippen LogP contribution in [0.15, 0.2) is 24.3 Å². The molecule has 0 radical (unpaired) electrons. The number of benzene rings is 1. The van der Waals surface area contributed by atoms with Gasteiger partial charge in [0.25, 0.3) is 0 Å². The predicted octanol–water partition coefficient (Wildman–Crippen LogP) is 2.70. The maximum atomic E-state index is 11.4. The standard InChI is InChI=1S/C14H21NO3/c1-10(14(2,3)18-5)15-12-8-6-7-11(9-12)13(16)17-4/h6-10,15H,1-5H3. The van der Waals surface area contributed by atoms with Crippen molar-refractivity contribution in [1.29, 1.82) is 0 Å². The zero-order chi connectivity index (χ0) is 13.8. The predicted molar refractivity (Wildman–Crippen MR) is 72.0 cm³/mol. The summed E-state index contributed by atoms with van der Waals surface area (Å²) >= 11 is 0. The molecule has 1 rings (SSSR count). The van der Waals surface area contributed by atoms with Crippen molar-refractivity contribution in [3.63, 3.8) is 0 Å². The van der Waals surface area contributed by atoms with Gasteiger partial charge in [-0.1, -0.05) is 6.07 Å². The summed E-state index contributed by atoms with van der Waals surface area (Å²) in [6.45, 7) is 6.05. The third-order valence-corrected chi connectivity index (χ3v) is 3.24. The first-order chi connectivity index (χ1) is 8.40. The number of carbonyl (C=O) groups excluding carboxylic acids is 1. The minimum Gasteiger partial charge on any atom is -0.465 e. The van der Waals surface area contributed by atoms with E-state index in [0.717, 1.165) is 5.69 Å². The summed E-state index contributed by atoms with van der Waals surface area (Å²) in [6.07, 6.45) is 0. The topological polar surface area (TPSA) is 47.6 Å². The summed E-state index contributed by atoms with van der Waals surface area (Å²) in [5.41, 5.74) is 1.11. The number of ether oxygens (including phenoxy) is 2. The number of hydrogen-bond donors (Lipinski definition) is 1. The lowest BCUT2D eigenvalue weighted by molar-refractivity contribution is 0.0107. The van der Waals surface area contributed by atoms with Crippen LogP contribution < -0.4 is 5.32 Å². The summed E-state index contributed by atoms with van der Waals surface area (Å²) < 4.78 is 10.1. The molecule has 0 aliphatic rings. The highest BCUT2D eigenvalue weighted by Crippen LogP contribution is 2.19. The Bertz CT molecular complexity index is 415. The Kier molecular flexibility index (Phi) is 4.73. The zero-order valence-electron chi connectivity index (χ0n) is 11.6. The van der Waals surface area contributed by atoms with Crippen molar-refractivity contribution >= 4 is 11.7 Å². The molecule has 4 nitrogen and oxygen atoms in total. The summed E-state index contributed by atoms with van der Waals surface area (Å²) in [5.74, 6) is -0.336. The molecule has 0 saturated carbocycles. The van der Waals surface area contributed by atoms with Gasteiger partial charge in [-0.05, 0) is 39.0 Å². The van der Waals surface area contributed by atoms with Gasteiger partial charge in [0.1, 0.15) is 0 Å². The van der Waals surface area contributed by atoms with Crippen LogP contribution in [0, 0.1) is 0 Å². The molecule has 0 fully saturated rings. The van der Waals surface area contributed by atoms with Gasteiger partial charge >= 0.3 is 5.97 Å². The second kappa shape index (κ2) is 5.87. The molecule has 0 saturated heterocycles. The summed E-state index contributed by atoms with van der Waals surface area (Å²) in [6, 6.07) is 7.34. The molecule has 0 aliphatic carbocycles. The first-order valence-corrected chi connectivity index (χ1v) is 5.90. The molecule has 100 valence electrons. The highest BCUT2D eigenvalue weighted by atomic mass is 16.5. The first-order valence-electron chi connectivity index (χ1n) is 5.90. The fraction of sp³-hybridized carbons (Fsp3) is 0.500. The zero-order valence-corrected chi connectivity index (χ0v) is 11.6. The highest BCUT2D eigenvalue weighted by molar-refractivity contribution is 5.90. The van der Waals surface area contributed by atoms with E-state index >= 15 is 0 Å². The van der Waals surface area contributed by atoms with E-state index in [1.165, 1.54) is 7.11 Å². The van der Waals surface area contributed by atoms with Crippen molar-refractivity contribution in [2.45, 2.75) is 32.4 Å². The van der Waals surface area contributed by atoms with Gasteiger partial charge in [-0.2, -0.15) is 0 Å². The maximum Gasteiger partial charge on any atom is 0.337 e. The lowest BCUT2D eigenvalue weighted by atomic mass is 10.00. The second-order valence-corrected chi connectivity index (χ2v) is 4.75. The normalized spacial score (nSPS) is 12.9. The van der Waals surface area contributed by atoms with Crippen LogP contribution in [0.2, 0.25) is 0 Å². The summed E-state index contributed by atoms with van der Waals surface area (Å²) in [7, 11) is 3.06. The monoisotopic (exact) mass is 251 g/mol. The Morgan fingerprint density at radius 3 is 2.56 bits per heavy atom. The van der Waals surface area contributed by atoms with Gasteiger partial charge < -0.3 is 14.8 Å². The van der Waals surface area contributed by atoms with Crippen molar-refractivity contribution in [3.05, 3.63) is 29.8 Å². The van der Waals surface area contributed by atoms with Crippen molar-refractivity contribution in [3.8, 4) is 0 Å². The number of esters is 1. The van der Waals surface area contributed by atoms with Crippen LogP contribution in [0.25, 0.3) is 0 Å². The van der Waals surface area contributed by atoms with Crippen molar-refractivity contribution in [1.82, 2.24) is 0 Å². The smallest absolute Gasteiger partial charge is 0.337 e. The van der Waals surface area contributed by atoms with E-state index in [2.05, 4.69) is 5.32 Å². The van der Waals surface area contributed by atoms with Crippen LogP contribution in [0.4, 0.5) is 5.69 Å². The van der Waals surface area contributed by atoms with E-state index < -0.39 is 0 Å². The van der Waals surface area contributed by atoms with Crippen molar-refractivity contribution in [2.24, 2.45) is 0 Å². The van der Waals surface area contributed by atoms with Crippen molar-refractivity contribution in [2.75, 3.05) is 19.5 Å². The number of nitrogens with one attached hydrogen (secondary N) is 1. The van der Waals surface area contributed by atoms with Crippen LogP contribution in [0.5, 0.6) is 0 Å². The van der Waals surface area contributed by atoms with Gasteiger partial charge in [0.05, 0.1) is 24.3 Å². The van der Waals surface area contributed by atoms with Crippen LogP contribution in [0.3, 0.4) is 0 Å². The lowest BCUT2D eigenvalue weighted by Gasteiger charge is -2.31. The van der Waals surface area contributed by atoms with E-state index in [-0.39, 0.29) is 17.6 Å². The van der Waals surface area contributed by atoms with E-state index in [1.54, 1.807) is 19.2 Å². The molecule has 18 heavy (non-hydrogen) atoms. The van der Waals surface area contributed by atoms with E-state index in [9.17, 15) is 4.79 Å². The summed E-state index contributed by atoms with van der Waals surface area (Å²) in [5, 5.41) is 3.32. The number of anilines is 1. The van der Waals surface area contributed by atoms with Crippen molar-refractivity contribution < 1.29 is 14.3 Å². The molecule has 0 amide bonds. The second-order valence-electron chi connectivity index (χ2n) is 4.75. The Labute approximate surface area is 108 Å². The molecule has 1 aromatic rings. The number of carbonyl (C=O) groups is 1. The quantitative estimate of drug-likeness (QED) is 0.817. The molecule has 0 aromatic heterocycles. The molecule has 0 aliphatic heterocycles. The minimum absolute atomic E-state index is 0.107. The third kappa shape index (κ3) is 3.47. The first kappa shape index (κ1) is 14.5. The molecule has 4 heteroatoms. The van der Waals surface area contributed by atoms with Gasteiger partial charge in [-0.15, -0.1) is 0 Å². The Morgan fingerprint density at radius 1 is 1.33 bits per heavy atom. The maximum absolute atomic E-state index is 11.4. The number of hydrogen-bond acceptors (Lipinski definition) is 4. The average Bonchev–Trinajstić information content (AvgIpc) is 2.38. The Morgan fingerprint density at radius 2 is 2.00 bits per heavy atom. The SMILES string of the molecule is COC(=O)c1cccc(NC(C)C(C)(C)OC)c1. The minimum atomic E-state index is -0.336. The van der Waals surface area contributed by atoms with E-state index in [4.69, 9.17) is 9.47 Å². The average molecular weight is 251 g/mol. The van der Waals surface area contributed by atoms with E-state index in [1.807, 2.05) is 32.9 Å². The van der Waals surface area contributed by atoms with Crippen LogP contribution in [-0.4, -0.2) is 31.8 Å². The Balaban J connectivity index is 2.83. The molecule has 0 bridgehead atoms. The van der Waals surface area contributed by atoms with Gasteiger partial charge in [-0.25, -0.2) is 4.79 Å². The molecule has 1 aromatic carbocycles. The largest absolute Gasteiger partial charge is 0.465 e.